The largest absolute Gasteiger partial charge is 0.310 e. The topological polar surface area (TPSA) is 8.17 Å². The summed E-state index contributed by atoms with van der Waals surface area (Å²) in [6.45, 7) is 4.73. The molecule has 0 amide bonds. The normalized spacial score (nSPS) is 14.5. The van der Waals surface area contributed by atoms with E-state index in [1.165, 1.54) is 116 Å². The second-order valence-corrected chi connectivity index (χ2v) is 20.0. The molecule has 1 heterocycles. The molecule has 2 aliphatic rings. The van der Waals surface area contributed by atoms with Gasteiger partial charge in [-0.25, -0.2) is 0 Å². The van der Waals surface area contributed by atoms with Crippen molar-refractivity contribution in [2.24, 2.45) is 0 Å². The number of benzene rings is 12. The Morgan fingerprint density at radius 3 is 1.38 bits per heavy atom. The fourth-order valence-electron chi connectivity index (χ4n) is 12.6. The third kappa shape index (κ3) is 6.58. The van der Waals surface area contributed by atoms with Crippen LogP contribution in [0.15, 0.2) is 279 Å². The Morgan fingerprint density at radius 2 is 0.757 bits per heavy atom. The van der Waals surface area contributed by atoms with Gasteiger partial charge >= 0.3 is 0 Å². The molecule has 0 saturated heterocycles. The van der Waals surface area contributed by atoms with E-state index >= 15 is 0 Å². The van der Waals surface area contributed by atoms with E-state index in [1.54, 1.807) is 0 Å². The number of rotatable bonds is 8. The molecule has 13 aromatic rings. The van der Waals surface area contributed by atoms with E-state index in [-0.39, 0.29) is 5.92 Å². The van der Waals surface area contributed by atoms with Crippen LogP contribution in [-0.4, -0.2) is 4.57 Å². The summed E-state index contributed by atoms with van der Waals surface area (Å²) in [4.78, 5) is 2.44. The second kappa shape index (κ2) is 16.8. The van der Waals surface area contributed by atoms with Gasteiger partial charge in [0.25, 0.3) is 0 Å². The first-order valence-electron chi connectivity index (χ1n) is 25.8. The summed E-state index contributed by atoms with van der Waals surface area (Å²) in [5.74, 6) is 0.563. The Kier molecular flexibility index (Phi) is 9.58. The molecule has 1 saturated carbocycles. The lowest BCUT2D eigenvalue weighted by Gasteiger charge is -2.28. The molecular weight excluding hydrogens is 893 g/mol. The number of para-hydroxylation sites is 3. The second-order valence-electron chi connectivity index (χ2n) is 20.0. The Labute approximate surface area is 431 Å². The van der Waals surface area contributed by atoms with E-state index in [4.69, 9.17) is 6.58 Å². The lowest BCUT2D eigenvalue weighted by atomic mass is 9.80. The van der Waals surface area contributed by atoms with E-state index in [0.717, 1.165) is 22.7 Å². The van der Waals surface area contributed by atoms with Crippen molar-refractivity contribution >= 4 is 60.4 Å². The van der Waals surface area contributed by atoms with Gasteiger partial charge in [-0.05, 0) is 137 Å². The molecule has 0 spiro atoms. The highest BCUT2D eigenvalue weighted by atomic mass is 15.1. The van der Waals surface area contributed by atoms with Gasteiger partial charge in [-0.3, -0.25) is 0 Å². The Hall–Kier alpha value is -9.50. The molecule has 15 rings (SSSR count). The summed E-state index contributed by atoms with van der Waals surface area (Å²) in [7, 11) is 0. The average Bonchev–Trinajstić information content (AvgIpc) is 4.09. The van der Waals surface area contributed by atoms with Crippen LogP contribution in [-0.2, 0) is 0 Å². The number of nitrogens with zero attached hydrogens (tertiary/aromatic N) is 2. The highest BCUT2D eigenvalue weighted by molar-refractivity contribution is 6.10. The fraction of sp³-hybridized carbons (Fsp3) is 0.0278. The van der Waals surface area contributed by atoms with E-state index in [0.29, 0.717) is 5.92 Å². The Bertz CT molecular complexity index is 4210. The summed E-state index contributed by atoms with van der Waals surface area (Å²) >= 11 is 0. The Morgan fingerprint density at radius 1 is 0.311 bits per heavy atom. The molecule has 2 heteroatoms. The number of fused-ring (bicyclic) bond motifs is 11. The van der Waals surface area contributed by atoms with Gasteiger partial charge in [0.15, 0.2) is 0 Å². The van der Waals surface area contributed by atoms with Crippen LogP contribution in [0.5, 0.6) is 0 Å². The van der Waals surface area contributed by atoms with Crippen LogP contribution in [0, 0.1) is 0 Å². The fourth-order valence-corrected chi connectivity index (χ4v) is 12.6. The summed E-state index contributed by atoms with van der Waals surface area (Å²) in [5, 5.41) is 7.47. The van der Waals surface area contributed by atoms with Crippen LogP contribution >= 0.6 is 0 Å². The summed E-state index contributed by atoms with van der Waals surface area (Å²) in [6.07, 6.45) is 0. The van der Waals surface area contributed by atoms with Gasteiger partial charge in [0.05, 0.1) is 16.7 Å². The summed E-state index contributed by atoms with van der Waals surface area (Å²) in [5.41, 5.74) is 23.1. The highest BCUT2D eigenvalue weighted by Crippen LogP contribution is 2.67. The van der Waals surface area contributed by atoms with Crippen LogP contribution in [0.3, 0.4) is 0 Å². The van der Waals surface area contributed by atoms with E-state index in [9.17, 15) is 0 Å². The Balaban J connectivity index is 0.963. The maximum absolute atomic E-state index is 4.73. The number of aromatic nitrogens is 1. The zero-order valence-corrected chi connectivity index (χ0v) is 40.7. The molecule has 346 valence electrons. The van der Waals surface area contributed by atoms with Crippen molar-refractivity contribution in [3.8, 4) is 61.3 Å². The van der Waals surface area contributed by atoms with Crippen molar-refractivity contribution in [3.05, 3.63) is 290 Å². The minimum Gasteiger partial charge on any atom is -0.310 e. The zero-order chi connectivity index (χ0) is 48.9. The van der Waals surface area contributed by atoms with Crippen molar-refractivity contribution < 1.29 is 0 Å². The molecular formula is C72H48N2. The van der Waals surface area contributed by atoms with Gasteiger partial charge in [-0.1, -0.05) is 224 Å². The average molecular weight is 941 g/mol. The highest BCUT2D eigenvalue weighted by Gasteiger charge is 2.50. The molecule has 1 aromatic heterocycles. The van der Waals surface area contributed by atoms with Gasteiger partial charge in [0.2, 0.25) is 0 Å². The van der Waals surface area contributed by atoms with Gasteiger partial charge in [-0.2, -0.15) is 0 Å². The quantitative estimate of drug-likeness (QED) is 0.138. The predicted octanol–water partition coefficient (Wildman–Crippen LogP) is 19.6. The van der Waals surface area contributed by atoms with E-state index in [2.05, 4.69) is 276 Å². The molecule has 0 radical (unpaired) electrons. The number of anilines is 3. The molecule has 12 aromatic carbocycles. The zero-order valence-electron chi connectivity index (χ0n) is 40.7. The van der Waals surface area contributed by atoms with E-state index < -0.39 is 0 Å². The molecule has 0 N–H and O–H groups in total. The van der Waals surface area contributed by atoms with Crippen LogP contribution in [0.1, 0.15) is 23.0 Å². The summed E-state index contributed by atoms with van der Waals surface area (Å²) < 4.78 is 2.47. The minimum atomic E-state index is 0.250. The first-order valence-corrected chi connectivity index (χ1v) is 25.8. The van der Waals surface area contributed by atoms with Crippen molar-refractivity contribution in [2.45, 2.75) is 11.8 Å². The van der Waals surface area contributed by atoms with Crippen molar-refractivity contribution in [3.63, 3.8) is 0 Å². The van der Waals surface area contributed by atoms with Crippen molar-refractivity contribution in [1.82, 2.24) is 4.57 Å². The molecule has 0 aliphatic heterocycles. The number of hydrogen-bond donors (Lipinski definition) is 0. The molecule has 2 atom stereocenters. The van der Waals surface area contributed by atoms with Crippen LogP contribution in [0.2, 0.25) is 0 Å². The molecule has 2 unspecified atom stereocenters. The third-order valence-electron chi connectivity index (χ3n) is 16.0. The monoisotopic (exact) mass is 940 g/mol. The van der Waals surface area contributed by atoms with Crippen molar-refractivity contribution in [2.75, 3.05) is 4.90 Å². The van der Waals surface area contributed by atoms with Crippen LogP contribution < -0.4 is 4.90 Å². The molecule has 74 heavy (non-hydrogen) atoms. The molecule has 2 aliphatic carbocycles. The molecule has 1 fully saturated rings. The number of allylic oxidation sites excluding steroid dienone is 1. The van der Waals surface area contributed by atoms with Gasteiger partial charge in [0, 0.05) is 45.2 Å². The standard InChI is InChI=1S/C72H48N2/c1-46-70-63-27-7-6-23-58(63)64-30-16-31-65(72(64)71(46)70)66-45-53(43-44-59(66)60-24-8-11-32-67(60)74-68-33-12-9-25-61(68)62-26-10-13-34-69(62)74)73(51-39-35-49(36-40-51)56-28-14-19-47-17-2-4-21-54(47)56)52-41-37-50(38-42-52)57-29-15-20-48-18-3-5-22-55(48)57/h2-45,70-71H,1H2. The first-order chi connectivity index (χ1) is 36.7. The van der Waals surface area contributed by atoms with Crippen LogP contribution in [0.25, 0.3) is 105 Å². The molecule has 0 bridgehead atoms. The lowest BCUT2D eigenvalue weighted by molar-refractivity contribution is 1.01. The minimum absolute atomic E-state index is 0.250. The van der Waals surface area contributed by atoms with Gasteiger partial charge in [0.1, 0.15) is 0 Å². The maximum atomic E-state index is 4.73. The number of hydrogen-bond acceptors (Lipinski definition) is 1. The van der Waals surface area contributed by atoms with Crippen molar-refractivity contribution in [1.29, 1.82) is 0 Å². The van der Waals surface area contributed by atoms with Gasteiger partial charge < -0.3 is 9.47 Å². The third-order valence-corrected chi connectivity index (χ3v) is 16.0. The molecule has 2 nitrogen and oxygen atoms in total. The van der Waals surface area contributed by atoms with Gasteiger partial charge in [-0.15, -0.1) is 0 Å². The summed E-state index contributed by atoms with van der Waals surface area (Å²) in [6, 6.07) is 98.6. The smallest absolute Gasteiger partial charge is 0.0541 e. The van der Waals surface area contributed by atoms with Crippen LogP contribution in [0.4, 0.5) is 17.1 Å². The SMILES string of the molecule is C=C1C2c3ccccc3-c3cccc(-c4cc(N(c5ccc(-c6cccc7ccccc67)cc5)c5ccc(-c6cccc7ccccc67)cc5)ccc4-c4ccccc4-n4c5ccccc5c5ccccc54)c3C12. The van der Waals surface area contributed by atoms with E-state index in [1.807, 2.05) is 0 Å². The maximum Gasteiger partial charge on any atom is 0.0541 e. The first kappa shape index (κ1) is 42.2. The lowest BCUT2D eigenvalue weighted by Crippen LogP contribution is -2.10. The predicted molar refractivity (Wildman–Crippen MR) is 312 cm³/mol.